The Bertz CT molecular complexity index is 874. The van der Waals surface area contributed by atoms with Crippen LogP contribution in [0.1, 0.15) is 49.6 Å². The molecule has 7 heteroatoms. The van der Waals surface area contributed by atoms with E-state index in [2.05, 4.69) is 10.6 Å². The van der Waals surface area contributed by atoms with E-state index < -0.39 is 0 Å². The van der Waals surface area contributed by atoms with Gasteiger partial charge in [0, 0.05) is 10.4 Å². The largest absolute Gasteiger partial charge is 0.465 e. The number of anilines is 1. The van der Waals surface area contributed by atoms with E-state index in [0.717, 1.165) is 36.8 Å². The van der Waals surface area contributed by atoms with Crippen LogP contribution < -0.4 is 10.6 Å². The van der Waals surface area contributed by atoms with Gasteiger partial charge in [0.25, 0.3) is 5.91 Å². The number of methoxy groups -OCH3 is 1. The number of esters is 1. The average molecular weight is 389 g/mol. The molecule has 26 heavy (non-hydrogen) atoms. The molecule has 1 heterocycles. The number of hydrogen-bond donors (Lipinski definition) is 2. The molecule has 1 aliphatic carbocycles. The number of thiophene rings is 1. The number of benzene rings is 1. The van der Waals surface area contributed by atoms with Crippen molar-refractivity contribution in [2.45, 2.75) is 32.6 Å². The van der Waals surface area contributed by atoms with Gasteiger partial charge in [0.15, 0.2) is 5.11 Å². The molecule has 0 unspecified atom stereocenters. The molecule has 0 atom stereocenters. The molecule has 0 aliphatic heterocycles. The second-order valence-electron chi connectivity index (χ2n) is 6.18. The minimum atomic E-state index is -0.375. The normalized spacial score (nSPS) is 12.8. The summed E-state index contributed by atoms with van der Waals surface area (Å²) in [5.74, 6) is -0.660. The molecule has 1 aromatic heterocycles. The summed E-state index contributed by atoms with van der Waals surface area (Å²) in [6, 6.07) is 7.27. The van der Waals surface area contributed by atoms with Crippen LogP contribution >= 0.6 is 23.6 Å². The summed E-state index contributed by atoms with van der Waals surface area (Å²) >= 11 is 6.79. The van der Waals surface area contributed by atoms with Gasteiger partial charge in [-0.15, -0.1) is 11.3 Å². The van der Waals surface area contributed by atoms with Crippen molar-refractivity contribution in [3.8, 4) is 0 Å². The highest BCUT2D eigenvalue weighted by Gasteiger charge is 2.26. The molecule has 2 N–H and O–H groups in total. The Balaban J connectivity index is 1.78. The molecule has 0 saturated carbocycles. The fourth-order valence-electron chi connectivity index (χ4n) is 3.07. The molecule has 2 aromatic rings. The maximum Gasteiger partial charge on any atom is 0.341 e. The van der Waals surface area contributed by atoms with E-state index in [4.69, 9.17) is 17.0 Å². The first-order valence-corrected chi connectivity index (χ1v) is 9.64. The molecular formula is C19H20N2O3S2. The van der Waals surface area contributed by atoms with Crippen molar-refractivity contribution in [1.29, 1.82) is 0 Å². The number of carbonyl (C=O) groups excluding carboxylic acids is 2. The lowest BCUT2D eigenvalue weighted by molar-refractivity contribution is 0.0601. The number of rotatable bonds is 3. The van der Waals surface area contributed by atoms with Gasteiger partial charge in [0.1, 0.15) is 5.00 Å². The van der Waals surface area contributed by atoms with E-state index in [-0.39, 0.29) is 17.0 Å². The summed E-state index contributed by atoms with van der Waals surface area (Å²) in [5.41, 5.74) is 3.12. The van der Waals surface area contributed by atoms with Gasteiger partial charge in [-0.3, -0.25) is 10.1 Å². The highest BCUT2D eigenvalue weighted by atomic mass is 32.1. The molecule has 0 bridgehead atoms. The minimum Gasteiger partial charge on any atom is -0.465 e. The molecule has 0 spiro atoms. The highest BCUT2D eigenvalue weighted by molar-refractivity contribution is 7.80. The second-order valence-corrected chi connectivity index (χ2v) is 7.70. The summed E-state index contributed by atoms with van der Waals surface area (Å²) in [4.78, 5) is 25.8. The molecule has 0 radical (unpaired) electrons. The summed E-state index contributed by atoms with van der Waals surface area (Å²) in [7, 11) is 1.37. The number of nitrogens with one attached hydrogen (secondary N) is 2. The number of amides is 1. The minimum absolute atomic E-state index is 0.167. The summed E-state index contributed by atoms with van der Waals surface area (Å²) in [5, 5.41) is 6.49. The van der Waals surface area contributed by atoms with Crippen LogP contribution in [-0.2, 0) is 17.6 Å². The van der Waals surface area contributed by atoms with Crippen molar-refractivity contribution >= 4 is 45.5 Å². The monoisotopic (exact) mass is 388 g/mol. The first-order valence-electron chi connectivity index (χ1n) is 8.41. The Morgan fingerprint density at radius 3 is 2.73 bits per heavy atom. The fraction of sp³-hybridized carbons (Fsp3) is 0.316. The van der Waals surface area contributed by atoms with Gasteiger partial charge in [0.2, 0.25) is 0 Å². The van der Waals surface area contributed by atoms with E-state index in [9.17, 15) is 9.59 Å². The number of thiocarbonyl (C=S) groups is 1. The lowest BCUT2D eigenvalue weighted by Crippen LogP contribution is -2.34. The van der Waals surface area contributed by atoms with Gasteiger partial charge in [-0.05, 0) is 62.5 Å². The summed E-state index contributed by atoms with van der Waals surface area (Å²) in [6.07, 6.45) is 3.98. The number of aryl methyl sites for hydroxylation is 2. The van der Waals surface area contributed by atoms with Crippen molar-refractivity contribution in [3.63, 3.8) is 0 Å². The van der Waals surface area contributed by atoms with Crippen LogP contribution in [0.4, 0.5) is 5.00 Å². The van der Waals surface area contributed by atoms with E-state index in [0.29, 0.717) is 16.1 Å². The lowest BCUT2D eigenvalue weighted by Gasteiger charge is -2.12. The van der Waals surface area contributed by atoms with Gasteiger partial charge in [0.05, 0.1) is 12.7 Å². The Kier molecular flexibility index (Phi) is 5.68. The molecule has 1 amide bonds. The molecular weight excluding hydrogens is 368 g/mol. The zero-order valence-corrected chi connectivity index (χ0v) is 16.3. The Hall–Kier alpha value is -2.25. The molecule has 5 nitrogen and oxygen atoms in total. The molecule has 0 saturated heterocycles. The smallest absolute Gasteiger partial charge is 0.341 e. The van der Waals surface area contributed by atoms with Gasteiger partial charge >= 0.3 is 5.97 Å². The molecule has 3 rings (SSSR count). The maximum atomic E-state index is 12.3. The van der Waals surface area contributed by atoms with E-state index in [1.54, 1.807) is 12.1 Å². The first-order chi connectivity index (χ1) is 12.5. The van der Waals surface area contributed by atoms with Crippen molar-refractivity contribution in [1.82, 2.24) is 5.32 Å². The van der Waals surface area contributed by atoms with Crippen LogP contribution in [0.3, 0.4) is 0 Å². The molecule has 0 fully saturated rings. The molecule has 1 aromatic carbocycles. The predicted octanol–water partition coefficient (Wildman–Crippen LogP) is 3.85. The topological polar surface area (TPSA) is 67.4 Å². The summed E-state index contributed by atoms with van der Waals surface area (Å²) < 4.78 is 4.94. The fourth-order valence-corrected chi connectivity index (χ4v) is 4.61. The first kappa shape index (κ1) is 18.5. The Labute approximate surface area is 161 Å². The maximum absolute atomic E-state index is 12.3. The third-order valence-corrected chi connectivity index (χ3v) is 5.71. The van der Waals surface area contributed by atoms with E-state index in [1.807, 2.05) is 19.1 Å². The van der Waals surface area contributed by atoms with Gasteiger partial charge < -0.3 is 10.1 Å². The number of carbonyl (C=O) groups is 2. The molecule has 136 valence electrons. The zero-order valence-electron chi connectivity index (χ0n) is 14.7. The summed E-state index contributed by atoms with van der Waals surface area (Å²) in [6.45, 7) is 1.92. The second kappa shape index (κ2) is 7.97. The lowest BCUT2D eigenvalue weighted by atomic mass is 9.95. The standard InChI is InChI=1S/C19H20N2O3S2/c1-11-6-5-7-12(10-11)16(22)20-19(25)21-17-15(18(23)24-2)13-8-3-4-9-14(13)26-17/h5-7,10H,3-4,8-9H2,1-2H3,(H2,20,21,22,25). The van der Waals surface area contributed by atoms with E-state index >= 15 is 0 Å². The number of fused-ring (bicyclic) bond motifs is 1. The SMILES string of the molecule is COC(=O)c1c(NC(=S)NC(=O)c2cccc(C)c2)sc2c1CCCC2. The van der Waals surface area contributed by atoms with Crippen LogP contribution in [0.2, 0.25) is 0 Å². The van der Waals surface area contributed by atoms with Crippen LogP contribution in [0.25, 0.3) is 0 Å². The predicted molar refractivity (Wildman–Crippen MR) is 107 cm³/mol. The number of ether oxygens (including phenoxy) is 1. The average Bonchev–Trinajstić information content (AvgIpc) is 2.98. The Morgan fingerprint density at radius 1 is 1.23 bits per heavy atom. The third-order valence-electron chi connectivity index (χ3n) is 4.30. The van der Waals surface area contributed by atoms with E-state index in [1.165, 1.54) is 23.3 Å². The van der Waals surface area contributed by atoms with Gasteiger partial charge in [-0.25, -0.2) is 4.79 Å². The zero-order chi connectivity index (χ0) is 18.7. The van der Waals surface area contributed by atoms with Crippen LogP contribution in [-0.4, -0.2) is 24.1 Å². The Morgan fingerprint density at radius 2 is 2.00 bits per heavy atom. The van der Waals surface area contributed by atoms with Crippen LogP contribution in [0, 0.1) is 6.92 Å². The van der Waals surface area contributed by atoms with Crippen molar-refractivity contribution in [3.05, 3.63) is 51.4 Å². The third kappa shape index (κ3) is 3.94. The van der Waals surface area contributed by atoms with Crippen LogP contribution in [0.15, 0.2) is 24.3 Å². The molecule has 1 aliphatic rings. The van der Waals surface area contributed by atoms with Crippen LogP contribution in [0.5, 0.6) is 0 Å². The van der Waals surface area contributed by atoms with Crippen molar-refractivity contribution < 1.29 is 14.3 Å². The van der Waals surface area contributed by atoms with Crippen molar-refractivity contribution in [2.75, 3.05) is 12.4 Å². The quantitative estimate of drug-likeness (QED) is 0.618. The number of hydrogen-bond acceptors (Lipinski definition) is 5. The van der Waals surface area contributed by atoms with Gasteiger partial charge in [-0.2, -0.15) is 0 Å². The van der Waals surface area contributed by atoms with Gasteiger partial charge in [-0.1, -0.05) is 17.7 Å². The van der Waals surface area contributed by atoms with Crippen molar-refractivity contribution in [2.24, 2.45) is 0 Å². The highest BCUT2D eigenvalue weighted by Crippen LogP contribution is 2.38.